The van der Waals surface area contributed by atoms with E-state index in [9.17, 15) is 14.4 Å². The molecular formula is C14H18N2O4. The molecule has 0 aliphatic rings. The van der Waals surface area contributed by atoms with Crippen LogP contribution in [0.2, 0.25) is 0 Å². The molecule has 6 heteroatoms. The molecule has 0 heterocycles. The maximum Gasteiger partial charge on any atom is 0.339 e. The summed E-state index contributed by atoms with van der Waals surface area (Å²) in [6.45, 7) is 5.05. The summed E-state index contributed by atoms with van der Waals surface area (Å²) in [5, 5.41) is 4.29. The molecule has 0 spiro atoms. The van der Waals surface area contributed by atoms with Gasteiger partial charge in [-0.25, -0.2) is 9.59 Å². The molecule has 3 amide bonds. The van der Waals surface area contributed by atoms with Gasteiger partial charge < -0.3 is 10.1 Å². The number of nitrogens with one attached hydrogen (secondary N) is 2. The second-order valence-corrected chi connectivity index (χ2v) is 4.43. The number of benzene rings is 1. The van der Waals surface area contributed by atoms with Gasteiger partial charge in [-0.1, -0.05) is 17.7 Å². The number of amides is 3. The molecule has 0 radical (unpaired) electrons. The number of urea groups is 1. The molecule has 0 aromatic heterocycles. The van der Waals surface area contributed by atoms with Crippen LogP contribution < -0.4 is 10.6 Å². The Hall–Kier alpha value is -2.37. The molecule has 1 aromatic rings. The fraction of sp³-hybridized carbons (Fsp3) is 0.357. The van der Waals surface area contributed by atoms with E-state index >= 15 is 0 Å². The molecule has 0 bridgehead atoms. The number of rotatable bonds is 3. The first-order valence-corrected chi connectivity index (χ1v) is 6.16. The van der Waals surface area contributed by atoms with Crippen molar-refractivity contribution in [1.29, 1.82) is 0 Å². The molecule has 20 heavy (non-hydrogen) atoms. The highest BCUT2D eigenvalue weighted by Crippen LogP contribution is 2.13. The van der Waals surface area contributed by atoms with Crippen LogP contribution in [0, 0.1) is 13.8 Å². The Morgan fingerprint density at radius 2 is 1.85 bits per heavy atom. The predicted molar refractivity (Wildman–Crippen MR) is 73.4 cm³/mol. The zero-order valence-electron chi connectivity index (χ0n) is 11.9. The summed E-state index contributed by atoms with van der Waals surface area (Å²) >= 11 is 0. The number of imide groups is 1. The SMILES string of the molecule is CNC(=O)NC(=O)[C@@H](C)OC(=O)c1cc(C)ccc1C. The average Bonchev–Trinajstić information content (AvgIpc) is 2.40. The standard InChI is InChI=1S/C14H18N2O4/c1-8-5-6-9(2)11(7-8)13(18)20-10(3)12(17)16-14(19)15-4/h5-7,10H,1-4H3,(H2,15,16,17,19)/t10-/m1/s1. The Morgan fingerprint density at radius 3 is 2.45 bits per heavy atom. The highest BCUT2D eigenvalue weighted by atomic mass is 16.5. The van der Waals surface area contributed by atoms with Gasteiger partial charge in [-0.2, -0.15) is 0 Å². The third-order valence-electron chi connectivity index (χ3n) is 2.73. The van der Waals surface area contributed by atoms with Gasteiger partial charge in [0.2, 0.25) is 0 Å². The van der Waals surface area contributed by atoms with E-state index in [-0.39, 0.29) is 0 Å². The Bertz CT molecular complexity index is 540. The number of ether oxygens (including phenoxy) is 1. The monoisotopic (exact) mass is 278 g/mol. The minimum absolute atomic E-state index is 0.407. The van der Waals surface area contributed by atoms with E-state index in [4.69, 9.17) is 4.74 Å². The van der Waals surface area contributed by atoms with Crippen LogP contribution in [0.4, 0.5) is 4.79 Å². The zero-order valence-corrected chi connectivity index (χ0v) is 11.9. The predicted octanol–water partition coefficient (Wildman–Crippen LogP) is 1.30. The van der Waals surface area contributed by atoms with Crippen molar-refractivity contribution in [3.63, 3.8) is 0 Å². The summed E-state index contributed by atoms with van der Waals surface area (Å²) in [5.74, 6) is -1.27. The van der Waals surface area contributed by atoms with Crippen molar-refractivity contribution in [2.75, 3.05) is 7.05 Å². The number of hydrogen-bond acceptors (Lipinski definition) is 4. The molecule has 2 N–H and O–H groups in total. The van der Waals surface area contributed by atoms with Crippen LogP contribution in [0.15, 0.2) is 18.2 Å². The quantitative estimate of drug-likeness (QED) is 0.816. The molecule has 1 atom stereocenters. The van der Waals surface area contributed by atoms with E-state index in [0.717, 1.165) is 11.1 Å². The lowest BCUT2D eigenvalue weighted by Crippen LogP contribution is -2.43. The summed E-state index contributed by atoms with van der Waals surface area (Å²) in [7, 11) is 1.38. The Kier molecular flexibility index (Phi) is 5.25. The zero-order chi connectivity index (χ0) is 15.3. The van der Waals surface area contributed by atoms with Crippen molar-refractivity contribution in [2.45, 2.75) is 26.9 Å². The molecule has 0 fully saturated rings. The minimum Gasteiger partial charge on any atom is -0.449 e. The van der Waals surface area contributed by atoms with E-state index in [0.29, 0.717) is 5.56 Å². The molecule has 0 aliphatic carbocycles. The van der Waals surface area contributed by atoms with Gasteiger partial charge in [0, 0.05) is 7.05 Å². The number of aryl methyl sites for hydroxylation is 2. The summed E-state index contributed by atoms with van der Waals surface area (Å²) in [6.07, 6.45) is -1.06. The topological polar surface area (TPSA) is 84.5 Å². The van der Waals surface area contributed by atoms with Crippen LogP contribution >= 0.6 is 0 Å². The number of carbonyl (C=O) groups is 3. The van der Waals surface area contributed by atoms with Gasteiger partial charge in [0.1, 0.15) is 0 Å². The summed E-state index contributed by atoms with van der Waals surface area (Å²) < 4.78 is 5.05. The molecule has 0 saturated carbocycles. The molecule has 0 aliphatic heterocycles. The van der Waals surface area contributed by atoms with Gasteiger partial charge in [0.05, 0.1) is 5.56 Å². The lowest BCUT2D eigenvalue weighted by molar-refractivity contribution is -0.127. The first-order chi connectivity index (χ1) is 9.35. The molecular weight excluding hydrogens is 260 g/mol. The van der Waals surface area contributed by atoms with Crippen LogP contribution in [0.25, 0.3) is 0 Å². The van der Waals surface area contributed by atoms with Crippen molar-refractivity contribution in [3.8, 4) is 0 Å². The maximum absolute atomic E-state index is 12.0. The number of esters is 1. The van der Waals surface area contributed by atoms with Gasteiger partial charge in [-0.3, -0.25) is 10.1 Å². The lowest BCUT2D eigenvalue weighted by Gasteiger charge is -2.14. The third kappa shape index (κ3) is 4.08. The highest BCUT2D eigenvalue weighted by Gasteiger charge is 2.21. The molecule has 108 valence electrons. The molecule has 0 unspecified atom stereocenters. The largest absolute Gasteiger partial charge is 0.449 e. The Morgan fingerprint density at radius 1 is 1.20 bits per heavy atom. The van der Waals surface area contributed by atoms with Gasteiger partial charge >= 0.3 is 12.0 Å². The summed E-state index contributed by atoms with van der Waals surface area (Å²) in [4.78, 5) is 34.6. The highest BCUT2D eigenvalue weighted by molar-refractivity contribution is 5.98. The minimum atomic E-state index is -1.06. The Labute approximate surface area is 117 Å². The molecule has 1 aromatic carbocycles. The van der Waals surface area contributed by atoms with E-state index < -0.39 is 24.0 Å². The average molecular weight is 278 g/mol. The first kappa shape index (κ1) is 15.7. The Balaban J connectivity index is 2.72. The van der Waals surface area contributed by atoms with Crippen LogP contribution in [0.1, 0.15) is 28.4 Å². The lowest BCUT2D eigenvalue weighted by atomic mass is 10.1. The van der Waals surface area contributed by atoms with Gasteiger partial charge in [-0.05, 0) is 32.4 Å². The van der Waals surface area contributed by atoms with Gasteiger partial charge in [0.15, 0.2) is 6.10 Å². The second-order valence-electron chi connectivity index (χ2n) is 4.43. The van der Waals surface area contributed by atoms with Crippen LogP contribution in [0.5, 0.6) is 0 Å². The van der Waals surface area contributed by atoms with Crippen LogP contribution in [-0.2, 0) is 9.53 Å². The molecule has 0 saturated heterocycles. The van der Waals surface area contributed by atoms with E-state index in [2.05, 4.69) is 5.32 Å². The summed E-state index contributed by atoms with van der Waals surface area (Å²) in [5.41, 5.74) is 2.09. The van der Waals surface area contributed by atoms with Crippen molar-refractivity contribution in [3.05, 3.63) is 34.9 Å². The van der Waals surface area contributed by atoms with Crippen molar-refractivity contribution in [2.24, 2.45) is 0 Å². The first-order valence-electron chi connectivity index (χ1n) is 6.16. The number of hydrogen-bond donors (Lipinski definition) is 2. The summed E-state index contributed by atoms with van der Waals surface area (Å²) in [6, 6.07) is 4.74. The second kappa shape index (κ2) is 6.70. The van der Waals surface area contributed by atoms with Gasteiger partial charge in [-0.15, -0.1) is 0 Å². The normalized spacial score (nSPS) is 11.4. The fourth-order valence-electron chi connectivity index (χ4n) is 1.51. The maximum atomic E-state index is 12.0. The fourth-order valence-corrected chi connectivity index (χ4v) is 1.51. The van der Waals surface area contributed by atoms with Crippen molar-refractivity contribution < 1.29 is 19.1 Å². The molecule has 6 nitrogen and oxygen atoms in total. The smallest absolute Gasteiger partial charge is 0.339 e. The van der Waals surface area contributed by atoms with Crippen molar-refractivity contribution in [1.82, 2.24) is 10.6 Å². The van der Waals surface area contributed by atoms with E-state index in [1.165, 1.54) is 14.0 Å². The van der Waals surface area contributed by atoms with Crippen LogP contribution in [-0.4, -0.2) is 31.1 Å². The van der Waals surface area contributed by atoms with E-state index in [1.807, 2.05) is 18.3 Å². The number of carbonyl (C=O) groups excluding carboxylic acids is 3. The van der Waals surface area contributed by atoms with Crippen molar-refractivity contribution >= 4 is 17.9 Å². The third-order valence-corrected chi connectivity index (χ3v) is 2.73. The van der Waals surface area contributed by atoms with Gasteiger partial charge in [0.25, 0.3) is 5.91 Å². The van der Waals surface area contributed by atoms with E-state index in [1.54, 1.807) is 19.1 Å². The molecule has 1 rings (SSSR count). The van der Waals surface area contributed by atoms with Crippen LogP contribution in [0.3, 0.4) is 0 Å².